The highest BCUT2D eigenvalue weighted by Crippen LogP contribution is 2.47. The van der Waals surface area contributed by atoms with E-state index in [9.17, 15) is 54.2 Å². The van der Waals surface area contributed by atoms with E-state index >= 15 is 0 Å². The quantitative estimate of drug-likeness (QED) is 0.237. The van der Waals surface area contributed by atoms with Crippen molar-refractivity contribution < 1.29 is 54.2 Å². The first-order valence-electron chi connectivity index (χ1n) is 15.8. The maximum atomic E-state index is 14.1. The number of carboxylic acids is 1. The lowest BCUT2D eigenvalue weighted by Crippen LogP contribution is -2.50. The highest BCUT2D eigenvalue weighted by Gasteiger charge is 2.44. The van der Waals surface area contributed by atoms with Crippen LogP contribution in [0.3, 0.4) is 0 Å². The monoisotopic (exact) mass is 720 g/mol. The summed E-state index contributed by atoms with van der Waals surface area (Å²) in [4.78, 5) is 29.0. The first-order valence-corrected chi connectivity index (χ1v) is 15.8. The number of aliphatic carboxylic acids is 1. The van der Waals surface area contributed by atoms with Crippen LogP contribution >= 0.6 is 0 Å². The number of amides is 1. The third kappa shape index (κ3) is 7.98. The van der Waals surface area contributed by atoms with Gasteiger partial charge in [0.1, 0.15) is 0 Å². The third-order valence-electron chi connectivity index (χ3n) is 9.33. The second-order valence-corrected chi connectivity index (χ2v) is 12.7. The van der Waals surface area contributed by atoms with E-state index in [0.29, 0.717) is 44.2 Å². The molecule has 2 aromatic carbocycles. The molecule has 1 aliphatic carbocycles. The number of carboxylic acid groups (broad SMARTS) is 1. The maximum Gasteiger partial charge on any atom is 0.416 e. The molecule has 0 radical (unpaired) electrons. The van der Waals surface area contributed by atoms with Crippen molar-refractivity contribution in [1.82, 2.24) is 20.2 Å². The lowest BCUT2D eigenvalue weighted by molar-refractivity contribution is -0.143. The number of tetrazole rings is 1. The number of aromatic nitrogens is 4. The maximum absolute atomic E-state index is 14.1. The molecule has 1 saturated carbocycles. The lowest BCUT2D eigenvalue weighted by Gasteiger charge is -2.46. The van der Waals surface area contributed by atoms with Gasteiger partial charge < -0.3 is 14.9 Å². The van der Waals surface area contributed by atoms with Crippen LogP contribution in [0, 0.1) is 11.8 Å². The summed E-state index contributed by atoms with van der Waals surface area (Å²) < 4.78 is 125. The molecule has 1 aromatic heterocycles. The number of fused-ring (bicyclic) bond motifs is 1. The van der Waals surface area contributed by atoms with Crippen LogP contribution < -0.4 is 9.80 Å². The summed E-state index contributed by atoms with van der Waals surface area (Å²) >= 11 is 0. The Morgan fingerprint density at radius 1 is 0.880 bits per heavy atom. The van der Waals surface area contributed by atoms with Crippen molar-refractivity contribution in [2.24, 2.45) is 18.9 Å². The molecule has 50 heavy (non-hydrogen) atoms. The van der Waals surface area contributed by atoms with Gasteiger partial charge in [0, 0.05) is 30.6 Å². The summed E-state index contributed by atoms with van der Waals surface area (Å²) in [7, 11) is 1.36. The Morgan fingerprint density at radius 3 is 1.98 bits per heavy atom. The molecular formula is C32H33F9N6O3. The number of hydrogen-bond donors (Lipinski definition) is 1. The molecule has 2 atom stereocenters. The zero-order chi connectivity index (χ0) is 36.8. The average Bonchev–Trinajstić information content (AvgIpc) is 3.46. The van der Waals surface area contributed by atoms with Crippen molar-refractivity contribution in [1.29, 1.82) is 0 Å². The minimum atomic E-state index is -5.15. The highest BCUT2D eigenvalue weighted by atomic mass is 19.4. The molecule has 1 amide bonds. The van der Waals surface area contributed by atoms with Gasteiger partial charge in [-0.25, -0.2) is 0 Å². The van der Waals surface area contributed by atoms with Gasteiger partial charge in [0.25, 0.3) is 5.95 Å². The molecule has 1 N–H and O–H groups in total. The fourth-order valence-corrected chi connectivity index (χ4v) is 6.92. The number of nitrogens with zero attached hydrogens (tertiary/aromatic N) is 6. The molecular weight excluding hydrogens is 687 g/mol. The number of carbonyl (C=O) groups excluding carboxylic acids is 1. The molecule has 1 unspecified atom stereocenters. The van der Waals surface area contributed by atoms with Crippen LogP contribution in [0.2, 0.25) is 0 Å². The van der Waals surface area contributed by atoms with Gasteiger partial charge in [-0.2, -0.15) is 44.3 Å². The number of aryl methyl sites for hydroxylation is 1. The molecule has 0 spiro atoms. The van der Waals surface area contributed by atoms with Crippen LogP contribution in [0.1, 0.15) is 85.7 Å². The van der Waals surface area contributed by atoms with Crippen LogP contribution in [0.5, 0.6) is 0 Å². The van der Waals surface area contributed by atoms with Crippen molar-refractivity contribution in [2.45, 2.75) is 89.0 Å². The first-order chi connectivity index (χ1) is 23.3. The van der Waals surface area contributed by atoms with Crippen molar-refractivity contribution in [3.05, 3.63) is 64.2 Å². The van der Waals surface area contributed by atoms with Crippen molar-refractivity contribution in [3.8, 4) is 0 Å². The number of alkyl halides is 9. The van der Waals surface area contributed by atoms with E-state index in [0.717, 1.165) is 23.0 Å². The van der Waals surface area contributed by atoms with Crippen molar-refractivity contribution in [3.63, 3.8) is 0 Å². The van der Waals surface area contributed by atoms with Gasteiger partial charge in [-0.3, -0.25) is 9.59 Å². The Hall–Kier alpha value is -4.38. The summed E-state index contributed by atoms with van der Waals surface area (Å²) in [6.07, 6.45) is -13.3. The molecule has 5 rings (SSSR count). The van der Waals surface area contributed by atoms with E-state index in [1.54, 1.807) is 6.92 Å². The van der Waals surface area contributed by atoms with Gasteiger partial charge in [-0.1, -0.05) is 12.0 Å². The van der Waals surface area contributed by atoms with Crippen LogP contribution in [-0.2, 0) is 41.7 Å². The Morgan fingerprint density at radius 2 is 1.48 bits per heavy atom. The summed E-state index contributed by atoms with van der Waals surface area (Å²) in [5, 5.41) is 20.9. The summed E-state index contributed by atoms with van der Waals surface area (Å²) in [5.41, 5.74) is -4.63. The minimum absolute atomic E-state index is 0.0221. The fourth-order valence-electron chi connectivity index (χ4n) is 6.92. The summed E-state index contributed by atoms with van der Waals surface area (Å²) in [5.74, 6) is -2.23. The van der Waals surface area contributed by atoms with E-state index < -0.39 is 71.3 Å². The zero-order valence-corrected chi connectivity index (χ0v) is 26.8. The molecule has 0 saturated heterocycles. The van der Waals surface area contributed by atoms with Gasteiger partial charge in [0.2, 0.25) is 5.91 Å². The summed E-state index contributed by atoms with van der Waals surface area (Å²) in [6.45, 7) is 1.06. The summed E-state index contributed by atoms with van der Waals surface area (Å²) in [6, 6.07) is 2.02. The van der Waals surface area contributed by atoms with Crippen LogP contribution in [0.25, 0.3) is 0 Å². The van der Waals surface area contributed by atoms with E-state index in [1.165, 1.54) is 16.8 Å². The zero-order valence-electron chi connectivity index (χ0n) is 26.8. The molecule has 3 aromatic rings. The van der Waals surface area contributed by atoms with Gasteiger partial charge in [0.15, 0.2) is 0 Å². The molecule has 1 fully saturated rings. The Bertz CT molecular complexity index is 1680. The van der Waals surface area contributed by atoms with Crippen LogP contribution in [-0.4, -0.2) is 43.2 Å². The highest BCUT2D eigenvalue weighted by molar-refractivity contribution is 5.97. The Labute approximate surface area is 280 Å². The van der Waals surface area contributed by atoms with Crippen molar-refractivity contribution >= 4 is 23.5 Å². The number of carbonyl (C=O) groups is 2. The second kappa shape index (κ2) is 13.7. The van der Waals surface area contributed by atoms with Gasteiger partial charge in [0.05, 0.1) is 29.8 Å². The predicted octanol–water partition coefficient (Wildman–Crippen LogP) is 7.81. The van der Waals surface area contributed by atoms with Crippen LogP contribution in [0.4, 0.5) is 51.1 Å². The average molecular weight is 721 g/mol. The molecule has 18 heteroatoms. The molecule has 2 heterocycles. The SMILES string of the molecule is CC[C@@H]1CC(N(Cc2cc(C(F)(F)F)cc(C(F)(F)F)c2)c2nnn(C)n2)c2cc(C(F)(F)F)ccc2N1C(=O)[C@H]1CC[C@H](CC(=O)O)CC1. The fraction of sp³-hybridized carbons (Fsp3) is 0.531. The standard InChI is InChI=1S/C32H33F9N6O3/c1-3-23-15-26(46(29-42-44-45(2)43-29)16-18-10-21(31(36,37)38)13-22(11-18)32(39,40)41)24-14-20(30(33,34)35)8-9-25(24)47(23)28(50)19-6-4-17(5-7-19)12-27(48)49/h8-11,13-14,17,19,23,26H,3-7,12,15-16H2,1-2H3,(H,48,49)/t17-,19-,23-,26?/m1/s1. The minimum Gasteiger partial charge on any atom is -0.481 e. The molecule has 2 aliphatic rings. The molecule has 272 valence electrons. The van der Waals surface area contributed by atoms with E-state index in [4.69, 9.17) is 0 Å². The smallest absolute Gasteiger partial charge is 0.416 e. The topological polar surface area (TPSA) is 104 Å². The predicted molar refractivity (Wildman–Crippen MR) is 159 cm³/mol. The Balaban J connectivity index is 1.61. The molecule has 9 nitrogen and oxygen atoms in total. The number of rotatable bonds is 8. The van der Waals surface area contributed by atoms with Gasteiger partial charge in [-0.05, 0) is 97.2 Å². The number of anilines is 2. The normalized spacial score (nSPS) is 21.5. The number of halogens is 9. The van der Waals surface area contributed by atoms with Crippen LogP contribution in [0.15, 0.2) is 36.4 Å². The number of hydrogen-bond acceptors (Lipinski definition) is 6. The van der Waals surface area contributed by atoms with E-state index in [2.05, 4.69) is 15.4 Å². The first kappa shape index (κ1) is 36.9. The molecule has 0 bridgehead atoms. The number of benzene rings is 2. The van der Waals surface area contributed by atoms with Gasteiger partial charge in [-0.15, -0.1) is 5.10 Å². The Kier molecular flexibility index (Phi) is 10.1. The van der Waals surface area contributed by atoms with Crippen molar-refractivity contribution in [2.75, 3.05) is 9.80 Å². The molecule has 1 aliphatic heterocycles. The lowest BCUT2D eigenvalue weighted by atomic mass is 9.79. The van der Waals surface area contributed by atoms with E-state index in [-0.39, 0.29) is 47.9 Å². The largest absolute Gasteiger partial charge is 0.481 e. The van der Waals surface area contributed by atoms with E-state index in [1.807, 2.05) is 0 Å². The third-order valence-corrected chi connectivity index (χ3v) is 9.33. The second-order valence-electron chi connectivity index (χ2n) is 12.7. The van der Waals surface area contributed by atoms with Gasteiger partial charge >= 0.3 is 24.5 Å².